The number of piperidine rings is 1. The Hall–Kier alpha value is -1.91. The van der Waals surface area contributed by atoms with Crippen molar-refractivity contribution in [1.82, 2.24) is 19.8 Å². The van der Waals surface area contributed by atoms with Crippen molar-refractivity contribution in [1.29, 1.82) is 0 Å². The van der Waals surface area contributed by atoms with Gasteiger partial charge in [-0.1, -0.05) is 19.6 Å². The van der Waals surface area contributed by atoms with Crippen LogP contribution in [0, 0.1) is 6.92 Å². The van der Waals surface area contributed by atoms with Gasteiger partial charge in [0.15, 0.2) is 0 Å². The summed E-state index contributed by atoms with van der Waals surface area (Å²) in [6.45, 7) is 16.1. The van der Waals surface area contributed by atoms with Gasteiger partial charge in [-0.05, 0) is 40.2 Å². The Balaban J connectivity index is 1.97. The molecule has 9 nitrogen and oxygen atoms in total. The predicted octanol–water partition coefficient (Wildman–Crippen LogP) is 3.26. The van der Waals surface area contributed by atoms with Crippen LogP contribution in [0.5, 0.6) is 0 Å². The monoisotopic (exact) mass is 468 g/mol. The molecule has 0 bridgehead atoms. The number of aryl methyl sites for hydroxylation is 1. The van der Waals surface area contributed by atoms with Crippen LogP contribution in [0.4, 0.5) is 4.79 Å². The van der Waals surface area contributed by atoms with Crippen LogP contribution in [0.3, 0.4) is 0 Å². The maximum absolute atomic E-state index is 13.0. The molecule has 0 radical (unpaired) electrons. The summed E-state index contributed by atoms with van der Waals surface area (Å²) in [6, 6.07) is 0.831. The molecule has 10 heteroatoms. The first-order chi connectivity index (χ1) is 14.8. The summed E-state index contributed by atoms with van der Waals surface area (Å²) < 4.78 is 18.6. The van der Waals surface area contributed by atoms with E-state index < -0.39 is 13.7 Å². The molecule has 0 aromatic carbocycles. The summed E-state index contributed by atoms with van der Waals surface area (Å²) in [5, 5.41) is 3.04. The molecular formula is C22H40N4O5Si. The van der Waals surface area contributed by atoms with Gasteiger partial charge in [-0.25, -0.2) is 9.78 Å². The molecule has 32 heavy (non-hydrogen) atoms. The number of amides is 2. The van der Waals surface area contributed by atoms with Gasteiger partial charge >= 0.3 is 6.09 Å². The lowest BCUT2D eigenvalue weighted by Crippen LogP contribution is -2.56. The first-order valence-corrected chi connectivity index (χ1v) is 14.9. The Labute approximate surface area is 192 Å². The number of nitrogens with one attached hydrogen (secondary N) is 1. The lowest BCUT2D eigenvalue weighted by molar-refractivity contribution is -0.0173. The average molecular weight is 469 g/mol. The number of ether oxygens (including phenoxy) is 3. The highest BCUT2D eigenvalue weighted by Crippen LogP contribution is 2.18. The Morgan fingerprint density at radius 2 is 1.97 bits per heavy atom. The van der Waals surface area contributed by atoms with Gasteiger partial charge in [-0.3, -0.25) is 4.79 Å². The van der Waals surface area contributed by atoms with E-state index in [1.165, 1.54) is 0 Å². The second-order valence-corrected chi connectivity index (χ2v) is 16.2. The second kappa shape index (κ2) is 10.8. The van der Waals surface area contributed by atoms with Crippen LogP contribution in [0.15, 0.2) is 6.20 Å². The number of carbonyl (C=O) groups excluding carboxylic acids is 2. The molecule has 2 amide bonds. The predicted molar refractivity (Wildman–Crippen MR) is 126 cm³/mol. The number of methoxy groups -OCH3 is 1. The number of aromatic nitrogens is 2. The van der Waals surface area contributed by atoms with E-state index in [0.29, 0.717) is 38.7 Å². The minimum atomic E-state index is -1.17. The van der Waals surface area contributed by atoms with Gasteiger partial charge in [0.25, 0.3) is 5.91 Å². The first kappa shape index (κ1) is 26.3. The third-order valence-electron chi connectivity index (χ3n) is 5.16. The molecule has 1 N–H and O–H groups in total. The molecule has 1 aliphatic rings. The van der Waals surface area contributed by atoms with Gasteiger partial charge < -0.3 is 29.0 Å². The standard InChI is InChI=1S/C22H40N4O5Si/c1-16-13-26(15-30-11-12-32(6,7)8)19(23-16)20(27)24-17-9-10-25(14-18(17)29-5)21(28)31-22(2,3)4/h13,17-18H,9-12,14-15H2,1-8H3,(H,24,27)/t17-,18+/m1/s1. The maximum Gasteiger partial charge on any atom is 0.410 e. The Bertz CT molecular complexity index is 784. The number of hydrogen-bond donors (Lipinski definition) is 1. The third kappa shape index (κ3) is 8.21. The summed E-state index contributed by atoms with van der Waals surface area (Å²) >= 11 is 0. The summed E-state index contributed by atoms with van der Waals surface area (Å²) in [7, 11) is 0.409. The van der Waals surface area contributed by atoms with E-state index in [1.54, 1.807) is 16.6 Å². The van der Waals surface area contributed by atoms with E-state index >= 15 is 0 Å². The fourth-order valence-corrected chi connectivity index (χ4v) is 4.17. The number of likely N-dealkylation sites (tertiary alicyclic amines) is 1. The van der Waals surface area contributed by atoms with Crippen molar-refractivity contribution in [3.63, 3.8) is 0 Å². The van der Waals surface area contributed by atoms with Crippen LogP contribution in [0.2, 0.25) is 25.7 Å². The van der Waals surface area contributed by atoms with Gasteiger partial charge in [0, 0.05) is 34.5 Å². The smallest absolute Gasteiger partial charge is 0.410 e. The fourth-order valence-electron chi connectivity index (χ4n) is 3.41. The summed E-state index contributed by atoms with van der Waals surface area (Å²) in [5.74, 6) is 0.0459. The Morgan fingerprint density at radius 3 is 2.56 bits per heavy atom. The van der Waals surface area contributed by atoms with Crippen LogP contribution in [-0.2, 0) is 20.9 Å². The van der Waals surface area contributed by atoms with Gasteiger partial charge in [0.05, 0.1) is 24.4 Å². The van der Waals surface area contributed by atoms with E-state index in [2.05, 4.69) is 29.9 Å². The zero-order chi connectivity index (χ0) is 24.1. The molecule has 2 atom stereocenters. The zero-order valence-corrected chi connectivity index (χ0v) is 21.9. The van der Waals surface area contributed by atoms with Gasteiger partial charge in [-0.15, -0.1) is 0 Å². The van der Waals surface area contributed by atoms with Crippen LogP contribution in [0.1, 0.15) is 43.5 Å². The Kier molecular flexibility index (Phi) is 8.89. The minimum Gasteiger partial charge on any atom is -0.444 e. The summed E-state index contributed by atoms with van der Waals surface area (Å²) in [5.41, 5.74) is 0.198. The van der Waals surface area contributed by atoms with E-state index in [9.17, 15) is 9.59 Å². The molecule has 0 spiro atoms. The molecule has 0 unspecified atom stereocenters. The molecule has 1 saturated heterocycles. The molecular weight excluding hydrogens is 428 g/mol. The van der Waals surface area contributed by atoms with Crippen molar-refractivity contribution in [2.75, 3.05) is 26.8 Å². The molecule has 0 saturated carbocycles. The quantitative estimate of drug-likeness (QED) is 0.465. The van der Waals surface area contributed by atoms with Crippen molar-refractivity contribution in [3.05, 3.63) is 17.7 Å². The number of hydrogen-bond acceptors (Lipinski definition) is 6. The number of carbonyl (C=O) groups is 2. The van der Waals surface area contributed by atoms with Crippen molar-refractivity contribution < 1.29 is 23.8 Å². The van der Waals surface area contributed by atoms with Crippen molar-refractivity contribution in [2.24, 2.45) is 0 Å². The molecule has 2 heterocycles. The lowest BCUT2D eigenvalue weighted by atomic mass is 10.0. The van der Waals surface area contributed by atoms with Gasteiger partial charge in [-0.2, -0.15) is 0 Å². The molecule has 2 rings (SSSR count). The second-order valence-electron chi connectivity index (χ2n) is 10.6. The van der Waals surface area contributed by atoms with Gasteiger partial charge in [0.1, 0.15) is 12.3 Å². The lowest BCUT2D eigenvalue weighted by Gasteiger charge is -2.38. The highest BCUT2D eigenvalue weighted by molar-refractivity contribution is 6.76. The zero-order valence-electron chi connectivity index (χ0n) is 20.9. The molecule has 182 valence electrons. The first-order valence-electron chi connectivity index (χ1n) is 11.2. The number of imidazole rings is 1. The maximum atomic E-state index is 13.0. The third-order valence-corrected chi connectivity index (χ3v) is 6.86. The Morgan fingerprint density at radius 1 is 1.28 bits per heavy atom. The van der Waals surface area contributed by atoms with Crippen molar-refractivity contribution in [2.45, 2.75) is 84.3 Å². The largest absolute Gasteiger partial charge is 0.444 e. The summed E-state index contributed by atoms with van der Waals surface area (Å²) in [6.07, 6.45) is 1.68. The number of nitrogens with zero attached hydrogens (tertiary/aromatic N) is 3. The molecule has 1 fully saturated rings. The van der Waals surface area contributed by atoms with Crippen molar-refractivity contribution in [3.8, 4) is 0 Å². The SMILES string of the molecule is CO[C@H]1CN(C(=O)OC(C)(C)C)CC[C@H]1NC(=O)c1nc(C)cn1COCC[Si](C)(C)C. The van der Waals surface area contributed by atoms with Crippen molar-refractivity contribution >= 4 is 20.1 Å². The number of rotatable bonds is 8. The molecule has 1 aromatic heterocycles. The highest BCUT2D eigenvalue weighted by Gasteiger charge is 2.35. The topological polar surface area (TPSA) is 94.9 Å². The fraction of sp³-hybridized carbons (Fsp3) is 0.773. The highest BCUT2D eigenvalue weighted by atomic mass is 28.3. The van der Waals surface area contributed by atoms with E-state index in [4.69, 9.17) is 14.2 Å². The summed E-state index contributed by atoms with van der Waals surface area (Å²) in [4.78, 5) is 31.4. The van der Waals surface area contributed by atoms with E-state index in [1.807, 2.05) is 33.9 Å². The normalized spacial score (nSPS) is 19.7. The molecule has 0 aliphatic carbocycles. The minimum absolute atomic E-state index is 0.232. The molecule has 1 aromatic rings. The van der Waals surface area contributed by atoms with Gasteiger partial charge in [0.2, 0.25) is 5.82 Å². The van der Waals surface area contributed by atoms with Crippen LogP contribution in [-0.4, -0.2) is 79.1 Å². The van der Waals surface area contributed by atoms with Crippen LogP contribution >= 0.6 is 0 Å². The molecule has 1 aliphatic heterocycles. The van der Waals surface area contributed by atoms with E-state index in [0.717, 1.165) is 11.7 Å². The average Bonchev–Trinajstić information content (AvgIpc) is 3.04. The van der Waals surface area contributed by atoms with E-state index in [-0.39, 0.29) is 24.1 Å². The van der Waals surface area contributed by atoms with Crippen LogP contribution < -0.4 is 5.32 Å². The van der Waals surface area contributed by atoms with Crippen LogP contribution in [0.25, 0.3) is 0 Å².